The molecular weight excluding hydrogens is 307 g/mol. The van der Waals surface area contributed by atoms with Crippen LogP contribution in [0.1, 0.15) is 43.0 Å². The Labute approximate surface area is 142 Å². The summed E-state index contributed by atoms with van der Waals surface area (Å²) in [4.78, 5) is 2.18. The van der Waals surface area contributed by atoms with E-state index in [1.54, 1.807) is 12.1 Å². The van der Waals surface area contributed by atoms with Crippen LogP contribution in [0.2, 0.25) is 0 Å². The lowest BCUT2D eigenvalue weighted by molar-refractivity contribution is 0.387. The maximum absolute atomic E-state index is 13.5. The van der Waals surface area contributed by atoms with Crippen molar-refractivity contribution in [3.05, 3.63) is 71.5 Å². The van der Waals surface area contributed by atoms with Crippen LogP contribution in [0.3, 0.4) is 0 Å². The van der Waals surface area contributed by atoms with Crippen LogP contribution in [0, 0.1) is 5.82 Å². The second-order valence-corrected chi connectivity index (χ2v) is 6.37. The first-order valence-electron chi connectivity index (χ1n) is 8.02. The van der Waals surface area contributed by atoms with Crippen LogP contribution in [0.25, 0.3) is 0 Å². The molecule has 0 spiro atoms. The second kappa shape index (κ2) is 7.09. The van der Waals surface area contributed by atoms with Gasteiger partial charge in [-0.3, -0.25) is 0 Å². The fourth-order valence-electron chi connectivity index (χ4n) is 3.16. The minimum atomic E-state index is -0.189. The highest BCUT2D eigenvalue weighted by Crippen LogP contribution is 2.32. The van der Waals surface area contributed by atoms with Gasteiger partial charge in [-0.25, -0.2) is 4.39 Å². The summed E-state index contributed by atoms with van der Waals surface area (Å²) in [5.41, 5.74) is 2.20. The van der Waals surface area contributed by atoms with E-state index in [0.717, 1.165) is 30.1 Å². The van der Waals surface area contributed by atoms with Gasteiger partial charge in [-0.1, -0.05) is 42.5 Å². The molecule has 1 heterocycles. The van der Waals surface area contributed by atoms with E-state index < -0.39 is 0 Å². The molecule has 1 fully saturated rings. The molecule has 1 N–H and O–H groups in total. The minimum absolute atomic E-state index is 0.150. The number of hydrogen-bond donors (Lipinski definition) is 1. The second-order valence-electron chi connectivity index (χ2n) is 5.99. The van der Waals surface area contributed by atoms with E-state index >= 15 is 0 Å². The molecule has 0 amide bonds. The van der Waals surface area contributed by atoms with Gasteiger partial charge >= 0.3 is 0 Å². The van der Waals surface area contributed by atoms with Gasteiger partial charge in [0.2, 0.25) is 0 Å². The fourth-order valence-corrected chi connectivity index (χ4v) is 3.56. The highest BCUT2D eigenvalue weighted by molar-refractivity contribution is 7.80. The molecule has 0 saturated carbocycles. The Hall–Kier alpha value is -1.94. The molecule has 120 valence electrons. The maximum atomic E-state index is 13.5. The van der Waals surface area contributed by atoms with E-state index in [4.69, 9.17) is 12.2 Å². The van der Waals surface area contributed by atoms with Gasteiger partial charge in [0.05, 0.1) is 12.1 Å². The lowest BCUT2D eigenvalue weighted by Gasteiger charge is -2.30. The van der Waals surface area contributed by atoms with E-state index in [9.17, 15) is 4.39 Å². The summed E-state index contributed by atoms with van der Waals surface area (Å²) in [6, 6.07) is 17.4. The maximum Gasteiger partial charge on any atom is 0.169 e. The summed E-state index contributed by atoms with van der Waals surface area (Å²) in [7, 11) is 0. The summed E-state index contributed by atoms with van der Waals surface area (Å²) >= 11 is 5.62. The van der Waals surface area contributed by atoms with Gasteiger partial charge in [-0.15, -0.1) is 0 Å². The van der Waals surface area contributed by atoms with Crippen LogP contribution in [-0.4, -0.2) is 16.6 Å². The summed E-state index contributed by atoms with van der Waals surface area (Å²) in [5, 5.41) is 4.16. The Morgan fingerprint density at radius 3 is 2.74 bits per heavy atom. The van der Waals surface area contributed by atoms with Crippen molar-refractivity contribution in [1.82, 2.24) is 10.2 Å². The molecule has 2 atom stereocenters. The zero-order chi connectivity index (χ0) is 16.2. The molecule has 2 nitrogen and oxygen atoms in total. The molecule has 0 aliphatic carbocycles. The number of hydrogen-bond acceptors (Lipinski definition) is 1. The Balaban J connectivity index is 1.71. The quantitative estimate of drug-likeness (QED) is 0.829. The molecular formula is C19H21FN2S. The number of nitrogens with one attached hydrogen (secondary N) is 1. The third-order valence-corrected chi connectivity index (χ3v) is 4.74. The molecule has 1 saturated heterocycles. The summed E-state index contributed by atoms with van der Waals surface area (Å²) < 4.78 is 13.5. The van der Waals surface area contributed by atoms with Crippen molar-refractivity contribution in [2.45, 2.75) is 31.8 Å². The highest BCUT2D eigenvalue weighted by atomic mass is 32.1. The standard InChI is InChI=1S/C19H21FN2S/c1-14(15-7-3-2-4-8-15)21-19(23)22-12-6-11-18(22)16-9-5-10-17(20)13-16/h2-5,7-10,13-14,18H,6,11-12H2,1H3,(H,21,23). The number of thiocarbonyl (C=S) groups is 1. The number of benzene rings is 2. The van der Waals surface area contributed by atoms with Crippen LogP contribution < -0.4 is 5.32 Å². The molecule has 4 heteroatoms. The van der Waals surface area contributed by atoms with E-state index in [2.05, 4.69) is 29.3 Å². The summed E-state index contributed by atoms with van der Waals surface area (Å²) in [6.45, 7) is 3.02. The van der Waals surface area contributed by atoms with E-state index in [-0.39, 0.29) is 17.9 Å². The predicted octanol–water partition coefficient (Wildman–Crippen LogP) is 4.60. The number of halogens is 1. The Morgan fingerprint density at radius 2 is 2.00 bits per heavy atom. The molecule has 2 unspecified atom stereocenters. The van der Waals surface area contributed by atoms with Crippen molar-refractivity contribution < 1.29 is 4.39 Å². The van der Waals surface area contributed by atoms with Gasteiger partial charge < -0.3 is 10.2 Å². The summed E-state index contributed by atoms with van der Waals surface area (Å²) in [6.07, 6.45) is 2.08. The van der Waals surface area contributed by atoms with Crippen molar-refractivity contribution in [3.8, 4) is 0 Å². The molecule has 1 aliphatic rings. The first-order chi connectivity index (χ1) is 11.1. The molecule has 2 aromatic carbocycles. The molecule has 23 heavy (non-hydrogen) atoms. The van der Waals surface area contributed by atoms with E-state index in [1.807, 2.05) is 24.3 Å². The molecule has 1 aliphatic heterocycles. The van der Waals surface area contributed by atoms with Gasteiger partial charge in [0.25, 0.3) is 0 Å². The van der Waals surface area contributed by atoms with Gasteiger partial charge in [-0.05, 0) is 55.2 Å². The lowest BCUT2D eigenvalue weighted by atomic mass is 10.0. The molecule has 2 aromatic rings. The van der Waals surface area contributed by atoms with Gasteiger partial charge in [0.15, 0.2) is 5.11 Å². The van der Waals surface area contributed by atoms with Crippen LogP contribution in [0.4, 0.5) is 4.39 Å². The van der Waals surface area contributed by atoms with Crippen LogP contribution in [0.5, 0.6) is 0 Å². The largest absolute Gasteiger partial charge is 0.356 e. The van der Waals surface area contributed by atoms with E-state index in [1.165, 1.54) is 11.6 Å². The Kier molecular flexibility index (Phi) is 4.91. The topological polar surface area (TPSA) is 15.3 Å². The van der Waals surface area contributed by atoms with Crippen molar-refractivity contribution >= 4 is 17.3 Å². The van der Waals surface area contributed by atoms with E-state index in [0.29, 0.717) is 0 Å². The Bertz CT molecular complexity index is 674. The SMILES string of the molecule is CC(NC(=S)N1CCCC1c1cccc(F)c1)c1ccccc1. The van der Waals surface area contributed by atoms with Gasteiger partial charge in [-0.2, -0.15) is 0 Å². The first kappa shape index (κ1) is 15.9. The average molecular weight is 328 g/mol. The van der Waals surface area contributed by atoms with Crippen LogP contribution >= 0.6 is 12.2 Å². The van der Waals surface area contributed by atoms with Crippen LogP contribution in [-0.2, 0) is 0 Å². The van der Waals surface area contributed by atoms with Crippen molar-refractivity contribution in [2.75, 3.05) is 6.54 Å². The predicted molar refractivity (Wildman–Crippen MR) is 95.7 cm³/mol. The monoisotopic (exact) mass is 328 g/mol. The minimum Gasteiger partial charge on any atom is -0.356 e. The third-order valence-electron chi connectivity index (χ3n) is 4.39. The fraction of sp³-hybridized carbons (Fsp3) is 0.316. The van der Waals surface area contributed by atoms with Gasteiger partial charge in [0, 0.05) is 6.54 Å². The molecule has 0 aromatic heterocycles. The zero-order valence-electron chi connectivity index (χ0n) is 13.2. The third kappa shape index (κ3) is 3.70. The smallest absolute Gasteiger partial charge is 0.169 e. The first-order valence-corrected chi connectivity index (χ1v) is 8.43. The number of nitrogens with zero attached hydrogens (tertiary/aromatic N) is 1. The Morgan fingerprint density at radius 1 is 1.22 bits per heavy atom. The van der Waals surface area contributed by atoms with Gasteiger partial charge in [0.1, 0.15) is 5.82 Å². The number of rotatable bonds is 3. The van der Waals surface area contributed by atoms with Crippen LogP contribution in [0.15, 0.2) is 54.6 Å². The highest BCUT2D eigenvalue weighted by Gasteiger charge is 2.28. The number of likely N-dealkylation sites (tertiary alicyclic amines) is 1. The van der Waals surface area contributed by atoms with Crippen molar-refractivity contribution in [1.29, 1.82) is 0 Å². The molecule has 0 radical (unpaired) electrons. The van der Waals surface area contributed by atoms with Crippen molar-refractivity contribution in [3.63, 3.8) is 0 Å². The molecule has 0 bridgehead atoms. The lowest BCUT2D eigenvalue weighted by Crippen LogP contribution is -2.40. The van der Waals surface area contributed by atoms with Crippen molar-refractivity contribution in [2.24, 2.45) is 0 Å². The molecule has 3 rings (SSSR count). The zero-order valence-corrected chi connectivity index (χ0v) is 14.0. The summed E-state index contributed by atoms with van der Waals surface area (Å²) in [5.74, 6) is -0.189. The normalized spacial score (nSPS) is 18.7. The average Bonchev–Trinajstić information content (AvgIpc) is 3.05.